The third-order valence-electron chi connectivity index (χ3n) is 9.01. The molecule has 0 aliphatic carbocycles. The lowest BCUT2D eigenvalue weighted by Gasteiger charge is -2.16. The Labute approximate surface area is 313 Å². The lowest BCUT2D eigenvalue weighted by Crippen LogP contribution is -2.28. The molecule has 0 spiro atoms. The third kappa shape index (κ3) is 37.3. The van der Waals surface area contributed by atoms with Gasteiger partial charge in [0.05, 0.1) is 18.8 Å². The molecule has 0 saturated heterocycles. The molecule has 7 nitrogen and oxygen atoms in total. The Morgan fingerprint density at radius 2 is 1.02 bits per heavy atom. The second kappa shape index (κ2) is 37.5. The van der Waals surface area contributed by atoms with Gasteiger partial charge in [-0.2, -0.15) is 0 Å². The first-order valence-electron chi connectivity index (χ1n) is 20.8. The minimum absolute atomic E-state index is 0.107. The van der Waals surface area contributed by atoms with Gasteiger partial charge in [-0.3, -0.25) is 9.59 Å². The van der Waals surface area contributed by atoms with Crippen LogP contribution in [0.5, 0.6) is 0 Å². The van der Waals surface area contributed by atoms with Crippen molar-refractivity contribution < 1.29 is 34.4 Å². The van der Waals surface area contributed by atoms with E-state index >= 15 is 0 Å². The van der Waals surface area contributed by atoms with Crippen molar-refractivity contribution in [2.45, 2.75) is 200 Å². The van der Waals surface area contributed by atoms with E-state index in [4.69, 9.17) is 9.47 Å². The molecule has 0 aromatic heterocycles. The topological polar surface area (TPSA) is 113 Å². The second-order valence-corrected chi connectivity index (χ2v) is 14.6. The summed E-state index contributed by atoms with van der Waals surface area (Å²) in [6.45, 7) is 6.20. The molecular weight excluding hydrogens is 640 g/mol. The van der Waals surface area contributed by atoms with Crippen molar-refractivity contribution >= 4 is 11.9 Å². The highest BCUT2D eigenvalue weighted by Crippen LogP contribution is 2.15. The molecule has 0 aromatic carbocycles. The molecule has 3 N–H and O–H groups in total. The minimum Gasteiger partial charge on any atom is -0.462 e. The zero-order valence-corrected chi connectivity index (χ0v) is 33.0. The van der Waals surface area contributed by atoms with Crippen molar-refractivity contribution in [3.8, 4) is 0 Å². The molecule has 296 valence electrons. The van der Waals surface area contributed by atoms with Gasteiger partial charge in [-0.05, 0) is 38.0 Å². The SMILES string of the molecule is CCCCC[C@@H](O)/C=C/C=C\C/C=C\C=C\[C@@H](O)CCCC(=O)O[C@@H](CO)COC(=O)CCCCCCCCCCCCCCCCCC(C)C. The molecule has 3 atom stereocenters. The summed E-state index contributed by atoms with van der Waals surface area (Å²) in [7, 11) is 0. The van der Waals surface area contributed by atoms with E-state index in [1.807, 2.05) is 36.5 Å². The molecule has 0 aliphatic heterocycles. The quantitative estimate of drug-likeness (QED) is 0.0336. The zero-order valence-electron chi connectivity index (χ0n) is 33.0. The molecule has 0 fully saturated rings. The van der Waals surface area contributed by atoms with Gasteiger partial charge in [0.15, 0.2) is 6.10 Å². The normalized spacial score (nSPS) is 14.0. The first-order chi connectivity index (χ1) is 24.8. The highest BCUT2D eigenvalue weighted by molar-refractivity contribution is 5.70. The average molecular weight is 719 g/mol. The largest absolute Gasteiger partial charge is 0.462 e. The Kier molecular flexibility index (Phi) is 35.9. The number of allylic oxidation sites excluding steroid dienone is 6. The maximum absolute atomic E-state index is 12.2. The molecule has 51 heavy (non-hydrogen) atoms. The lowest BCUT2D eigenvalue weighted by molar-refractivity contribution is -0.161. The first-order valence-corrected chi connectivity index (χ1v) is 20.8. The van der Waals surface area contributed by atoms with E-state index < -0.39 is 24.8 Å². The van der Waals surface area contributed by atoms with Crippen LogP contribution in [-0.2, 0) is 19.1 Å². The van der Waals surface area contributed by atoms with Crippen LogP contribution >= 0.6 is 0 Å². The van der Waals surface area contributed by atoms with Crippen molar-refractivity contribution in [2.24, 2.45) is 5.92 Å². The summed E-state index contributed by atoms with van der Waals surface area (Å²) in [6.07, 6.45) is 39.6. The molecule has 0 saturated carbocycles. The van der Waals surface area contributed by atoms with E-state index in [0.29, 0.717) is 19.3 Å². The smallest absolute Gasteiger partial charge is 0.306 e. The molecular formula is C44H78O7. The lowest BCUT2D eigenvalue weighted by atomic mass is 10.0. The number of aliphatic hydroxyl groups excluding tert-OH is 3. The number of esters is 2. The van der Waals surface area contributed by atoms with Crippen LogP contribution in [0.25, 0.3) is 0 Å². The number of hydrogen-bond donors (Lipinski definition) is 3. The first kappa shape index (κ1) is 48.8. The van der Waals surface area contributed by atoms with E-state index in [1.165, 1.54) is 83.5 Å². The van der Waals surface area contributed by atoms with Gasteiger partial charge in [0, 0.05) is 12.8 Å². The Balaban J connectivity index is 3.76. The fraction of sp³-hybridized carbons (Fsp3) is 0.773. The van der Waals surface area contributed by atoms with E-state index in [9.17, 15) is 24.9 Å². The fourth-order valence-corrected chi connectivity index (χ4v) is 5.78. The highest BCUT2D eigenvalue weighted by atomic mass is 16.6. The Morgan fingerprint density at radius 3 is 1.51 bits per heavy atom. The summed E-state index contributed by atoms with van der Waals surface area (Å²) in [6, 6.07) is 0. The predicted molar refractivity (Wildman–Crippen MR) is 212 cm³/mol. The van der Waals surface area contributed by atoms with E-state index in [2.05, 4.69) is 20.8 Å². The predicted octanol–water partition coefficient (Wildman–Crippen LogP) is 10.8. The van der Waals surface area contributed by atoms with Crippen molar-refractivity contribution in [3.05, 3.63) is 48.6 Å². The summed E-state index contributed by atoms with van der Waals surface area (Å²) in [5.41, 5.74) is 0. The van der Waals surface area contributed by atoms with Crippen LogP contribution in [0.1, 0.15) is 181 Å². The van der Waals surface area contributed by atoms with Crippen molar-refractivity contribution in [1.29, 1.82) is 0 Å². The molecule has 0 bridgehead atoms. The monoisotopic (exact) mass is 719 g/mol. The van der Waals surface area contributed by atoms with Crippen LogP contribution in [0, 0.1) is 5.92 Å². The van der Waals surface area contributed by atoms with Crippen LogP contribution in [0.4, 0.5) is 0 Å². The number of rotatable bonds is 36. The van der Waals surface area contributed by atoms with E-state index in [0.717, 1.165) is 57.3 Å². The number of carbonyl (C=O) groups is 2. The van der Waals surface area contributed by atoms with Crippen molar-refractivity contribution in [3.63, 3.8) is 0 Å². The maximum atomic E-state index is 12.2. The number of ether oxygens (including phenoxy) is 2. The Morgan fingerprint density at radius 1 is 0.569 bits per heavy atom. The second-order valence-electron chi connectivity index (χ2n) is 14.6. The molecule has 0 unspecified atom stereocenters. The molecule has 7 heteroatoms. The van der Waals surface area contributed by atoms with Crippen LogP contribution in [0.2, 0.25) is 0 Å². The number of aliphatic hydroxyl groups is 3. The fourth-order valence-electron chi connectivity index (χ4n) is 5.78. The maximum Gasteiger partial charge on any atom is 0.306 e. The summed E-state index contributed by atoms with van der Waals surface area (Å²) < 4.78 is 10.5. The molecule has 0 aliphatic rings. The van der Waals surface area contributed by atoms with Gasteiger partial charge in [0.25, 0.3) is 0 Å². The van der Waals surface area contributed by atoms with Crippen molar-refractivity contribution in [2.75, 3.05) is 13.2 Å². The van der Waals surface area contributed by atoms with Crippen molar-refractivity contribution in [1.82, 2.24) is 0 Å². The highest BCUT2D eigenvalue weighted by Gasteiger charge is 2.16. The number of hydrogen-bond acceptors (Lipinski definition) is 7. The Bertz CT molecular complexity index is 907. The standard InChI is InChI=1S/C44H78O7/c1-4-5-24-31-40(46)32-26-21-17-15-18-22-27-33-41(47)34-29-36-44(49)51-42(37-45)38-50-43(48)35-28-23-19-14-12-10-8-6-7-9-11-13-16-20-25-30-39(2)3/h17-18,21-22,26-27,32-33,39-42,45-47H,4-16,19-20,23-25,28-31,34-38H2,1-3H3/b21-17-,22-18-,32-26+,33-27+/t40-,41-,42+/m1/s1. The number of unbranched alkanes of at least 4 members (excludes halogenated alkanes) is 16. The molecule has 0 rings (SSSR count). The van der Waals surface area contributed by atoms with Gasteiger partial charge >= 0.3 is 11.9 Å². The average Bonchev–Trinajstić information content (AvgIpc) is 3.10. The van der Waals surface area contributed by atoms with Crippen LogP contribution in [-0.4, -0.2) is 58.8 Å². The summed E-state index contributed by atoms with van der Waals surface area (Å²) >= 11 is 0. The zero-order chi connectivity index (χ0) is 37.6. The molecule has 0 aromatic rings. The molecule has 0 heterocycles. The summed E-state index contributed by atoms with van der Waals surface area (Å²) in [5, 5.41) is 29.6. The van der Waals surface area contributed by atoms with Gasteiger partial charge in [0.1, 0.15) is 6.61 Å². The van der Waals surface area contributed by atoms with Gasteiger partial charge in [0.2, 0.25) is 0 Å². The van der Waals surface area contributed by atoms with E-state index in [-0.39, 0.29) is 25.1 Å². The molecule has 0 radical (unpaired) electrons. The number of carbonyl (C=O) groups excluding carboxylic acids is 2. The van der Waals surface area contributed by atoms with Crippen LogP contribution < -0.4 is 0 Å². The van der Waals surface area contributed by atoms with Crippen LogP contribution in [0.3, 0.4) is 0 Å². The minimum atomic E-state index is -0.878. The van der Waals surface area contributed by atoms with Crippen LogP contribution in [0.15, 0.2) is 48.6 Å². The third-order valence-corrected chi connectivity index (χ3v) is 9.01. The van der Waals surface area contributed by atoms with Gasteiger partial charge < -0.3 is 24.8 Å². The van der Waals surface area contributed by atoms with Gasteiger partial charge in [-0.1, -0.05) is 185 Å². The summed E-state index contributed by atoms with van der Waals surface area (Å²) in [5.74, 6) is 0.0268. The van der Waals surface area contributed by atoms with Gasteiger partial charge in [-0.15, -0.1) is 0 Å². The van der Waals surface area contributed by atoms with Gasteiger partial charge in [-0.25, -0.2) is 0 Å². The molecule has 0 amide bonds. The Hall–Kier alpha value is -2.22. The van der Waals surface area contributed by atoms with E-state index in [1.54, 1.807) is 12.2 Å². The summed E-state index contributed by atoms with van der Waals surface area (Å²) in [4.78, 5) is 24.3.